The van der Waals surface area contributed by atoms with Gasteiger partial charge in [0.25, 0.3) is 5.91 Å². The number of hydrogen-bond donors (Lipinski definition) is 1. The molecular weight excluding hydrogens is 346 g/mol. The molecule has 1 amide bonds. The lowest BCUT2D eigenvalue weighted by Crippen LogP contribution is -2.32. The van der Waals surface area contributed by atoms with E-state index < -0.39 is 18.0 Å². The van der Waals surface area contributed by atoms with Gasteiger partial charge in [0, 0.05) is 12.1 Å². The highest BCUT2D eigenvalue weighted by Crippen LogP contribution is 2.26. The summed E-state index contributed by atoms with van der Waals surface area (Å²) in [7, 11) is 0. The Labute approximate surface area is 158 Å². The Hall–Kier alpha value is -2.83. The van der Waals surface area contributed by atoms with Crippen LogP contribution in [0.1, 0.15) is 44.4 Å². The minimum atomic E-state index is -0.934. The number of nitrogens with one attached hydrogen (secondary N) is 1. The molecule has 7 nitrogen and oxygen atoms in total. The molecular formula is C20H25N3O4. The molecule has 1 atom stereocenters. The molecule has 1 aliphatic rings. The van der Waals surface area contributed by atoms with E-state index in [0.29, 0.717) is 11.6 Å². The van der Waals surface area contributed by atoms with Gasteiger partial charge in [-0.1, -0.05) is 6.07 Å². The summed E-state index contributed by atoms with van der Waals surface area (Å²) >= 11 is 0. The van der Waals surface area contributed by atoms with Crippen LogP contribution in [0.15, 0.2) is 30.5 Å². The maximum atomic E-state index is 12.3. The van der Waals surface area contributed by atoms with Gasteiger partial charge in [0.2, 0.25) is 0 Å². The smallest absolute Gasteiger partial charge is 0.344 e. The van der Waals surface area contributed by atoms with Gasteiger partial charge in [-0.15, -0.1) is 0 Å². The second-order valence-electron chi connectivity index (χ2n) is 6.95. The van der Waals surface area contributed by atoms with E-state index in [0.717, 1.165) is 19.3 Å². The van der Waals surface area contributed by atoms with Crippen LogP contribution in [-0.4, -0.2) is 34.4 Å². The van der Waals surface area contributed by atoms with Crippen molar-refractivity contribution in [2.24, 2.45) is 0 Å². The molecule has 0 radical (unpaired) electrons. The van der Waals surface area contributed by atoms with Crippen molar-refractivity contribution < 1.29 is 19.1 Å². The highest BCUT2D eigenvalue weighted by atomic mass is 16.6. The first kappa shape index (κ1) is 18.9. The number of benzene rings is 1. The Bertz CT molecular complexity index is 828. The zero-order valence-electron chi connectivity index (χ0n) is 15.9. The minimum Gasteiger partial charge on any atom is -0.482 e. The molecule has 1 N–H and O–H groups in total. The van der Waals surface area contributed by atoms with Gasteiger partial charge in [0.05, 0.1) is 6.20 Å². The summed E-state index contributed by atoms with van der Waals surface area (Å²) in [6.45, 7) is 5.21. The lowest BCUT2D eigenvalue weighted by atomic mass is 10.1. The first-order chi connectivity index (χ1) is 12.9. The average Bonchev–Trinajstić information content (AvgIpc) is 3.28. The van der Waals surface area contributed by atoms with Gasteiger partial charge >= 0.3 is 5.97 Å². The first-order valence-corrected chi connectivity index (χ1v) is 9.22. The van der Waals surface area contributed by atoms with Gasteiger partial charge in [-0.3, -0.25) is 4.79 Å². The largest absolute Gasteiger partial charge is 0.482 e. The number of nitrogens with zero attached hydrogens (tertiary/aromatic N) is 2. The Morgan fingerprint density at radius 2 is 1.96 bits per heavy atom. The summed E-state index contributed by atoms with van der Waals surface area (Å²) in [6.07, 6.45) is 3.97. The van der Waals surface area contributed by atoms with Crippen molar-refractivity contribution in [2.75, 3.05) is 11.9 Å². The number of carbonyl (C=O) groups is 2. The Kier molecular flexibility index (Phi) is 5.78. The topological polar surface area (TPSA) is 82.5 Å². The first-order valence-electron chi connectivity index (χ1n) is 9.22. The van der Waals surface area contributed by atoms with Crippen molar-refractivity contribution in [3.05, 3.63) is 41.6 Å². The third-order valence-electron chi connectivity index (χ3n) is 4.51. The van der Waals surface area contributed by atoms with Gasteiger partial charge < -0.3 is 14.8 Å². The number of rotatable bonds is 7. The van der Waals surface area contributed by atoms with E-state index in [1.165, 1.54) is 18.1 Å². The summed E-state index contributed by atoms with van der Waals surface area (Å²) in [4.78, 5) is 24.3. The van der Waals surface area contributed by atoms with Gasteiger partial charge in [-0.2, -0.15) is 5.10 Å². The number of ether oxygens (including phenoxy) is 2. The number of aromatic nitrogens is 2. The second kappa shape index (κ2) is 8.24. The third-order valence-corrected chi connectivity index (χ3v) is 4.51. The number of anilines is 1. The number of aryl methyl sites for hydroxylation is 2. The molecule has 0 aliphatic heterocycles. The van der Waals surface area contributed by atoms with Crippen LogP contribution in [-0.2, 0) is 27.2 Å². The predicted molar refractivity (Wildman–Crippen MR) is 101 cm³/mol. The standard InChI is InChI=1S/C20H25N3O4/c1-13(2)23-18(9-10-21-23)22-20(25)14(3)27-19(24)12-26-17-8-7-15-5-4-6-16(15)11-17/h7-11,13-14H,4-6,12H2,1-3H3,(H,22,25)/t14-/m0/s1. The lowest BCUT2D eigenvalue weighted by Gasteiger charge is -2.16. The quantitative estimate of drug-likeness (QED) is 0.757. The molecule has 0 spiro atoms. The summed E-state index contributed by atoms with van der Waals surface area (Å²) < 4.78 is 12.4. The average molecular weight is 371 g/mol. The van der Waals surface area contributed by atoms with Crippen LogP contribution in [0.4, 0.5) is 5.82 Å². The molecule has 1 aromatic heterocycles. The van der Waals surface area contributed by atoms with Crippen molar-refractivity contribution in [1.29, 1.82) is 0 Å². The van der Waals surface area contributed by atoms with Gasteiger partial charge in [-0.05, 0) is 63.3 Å². The zero-order valence-corrected chi connectivity index (χ0v) is 15.9. The molecule has 1 heterocycles. The molecule has 1 aromatic carbocycles. The number of carbonyl (C=O) groups excluding carboxylic acids is 2. The fraction of sp³-hybridized carbons (Fsp3) is 0.450. The van der Waals surface area contributed by atoms with Crippen LogP contribution >= 0.6 is 0 Å². The normalized spacial score (nSPS) is 13.9. The Morgan fingerprint density at radius 3 is 2.74 bits per heavy atom. The van der Waals surface area contributed by atoms with E-state index in [1.54, 1.807) is 16.9 Å². The van der Waals surface area contributed by atoms with Crippen LogP contribution in [0.25, 0.3) is 0 Å². The van der Waals surface area contributed by atoms with Crippen LogP contribution in [0.3, 0.4) is 0 Å². The molecule has 0 bridgehead atoms. The van der Waals surface area contributed by atoms with Gasteiger partial charge in [0.15, 0.2) is 12.7 Å². The Morgan fingerprint density at radius 1 is 1.19 bits per heavy atom. The van der Waals surface area contributed by atoms with Crippen LogP contribution in [0, 0.1) is 0 Å². The van der Waals surface area contributed by atoms with Crippen molar-refractivity contribution in [3.63, 3.8) is 0 Å². The van der Waals surface area contributed by atoms with E-state index in [1.807, 2.05) is 32.0 Å². The van der Waals surface area contributed by atoms with Gasteiger partial charge in [0.1, 0.15) is 11.6 Å². The highest BCUT2D eigenvalue weighted by Gasteiger charge is 2.20. The minimum absolute atomic E-state index is 0.105. The molecule has 3 rings (SSSR count). The third kappa shape index (κ3) is 4.67. The van der Waals surface area contributed by atoms with Crippen LogP contribution in [0.5, 0.6) is 5.75 Å². The summed E-state index contributed by atoms with van der Waals surface area (Å²) in [5.74, 6) is 0.205. The fourth-order valence-electron chi connectivity index (χ4n) is 3.12. The molecule has 144 valence electrons. The molecule has 0 saturated carbocycles. The molecule has 0 saturated heterocycles. The van der Waals surface area contributed by atoms with Crippen molar-refractivity contribution in [2.45, 2.75) is 52.2 Å². The van der Waals surface area contributed by atoms with E-state index in [2.05, 4.69) is 10.4 Å². The summed E-state index contributed by atoms with van der Waals surface area (Å²) in [6, 6.07) is 7.67. The number of amides is 1. The number of esters is 1. The van der Waals surface area contributed by atoms with Crippen molar-refractivity contribution >= 4 is 17.7 Å². The number of fused-ring (bicyclic) bond motifs is 1. The van der Waals surface area contributed by atoms with Gasteiger partial charge in [-0.25, -0.2) is 9.48 Å². The van der Waals surface area contributed by atoms with E-state index in [4.69, 9.17) is 9.47 Å². The van der Waals surface area contributed by atoms with E-state index in [-0.39, 0.29) is 12.6 Å². The van der Waals surface area contributed by atoms with Crippen LogP contribution in [0.2, 0.25) is 0 Å². The zero-order chi connectivity index (χ0) is 19.4. The maximum absolute atomic E-state index is 12.3. The molecule has 2 aromatic rings. The van der Waals surface area contributed by atoms with E-state index in [9.17, 15) is 9.59 Å². The van der Waals surface area contributed by atoms with Crippen molar-refractivity contribution in [3.8, 4) is 5.75 Å². The summed E-state index contributed by atoms with van der Waals surface area (Å²) in [5, 5.41) is 6.87. The fourth-order valence-corrected chi connectivity index (χ4v) is 3.12. The maximum Gasteiger partial charge on any atom is 0.344 e. The predicted octanol–water partition coefficient (Wildman–Crippen LogP) is 2.90. The highest BCUT2D eigenvalue weighted by molar-refractivity contribution is 5.94. The number of hydrogen-bond acceptors (Lipinski definition) is 5. The molecule has 0 unspecified atom stereocenters. The molecule has 7 heteroatoms. The molecule has 0 fully saturated rings. The van der Waals surface area contributed by atoms with E-state index >= 15 is 0 Å². The SMILES string of the molecule is CC(C)n1nccc1NC(=O)[C@H](C)OC(=O)COc1ccc2c(c1)CCC2. The second-order valence-corrected chi connectivity index (χ2v) is 6.95. The van der Waals surface area contributed by atoms with Crippen molar-refractivity contribution in [1.82, 2.24) is 9.78 Å². The Balaban J connectivity index is 1.48. The molecule has 1 aliphatic carbocycles. The molecule has 27 heavy (non-hydrogen) atoms. The van der Waals surface area contributed by atoms with Crippen LogP contribution < -0.4 is 10.1 Å². The lowest BCUT2D eigenvalue weighted by molar-refractivity contribution is -0.155. The summed E-state index contributed by atoms with van der Waals surface area (Å²) in [5.41, 5.74) is 2.62. The monoisotopic (exact) mass is 371 g/mol.